The highest BCUT2D eigenvalue weighted by Gasteiger charge is 2.44. The van der Waals surface area contributed by atoms with Gasteiger partial charge in [0.15, 0.2) is 0 Å². The molecule has 2 rings (SSSR count). The minimum absolute atomic E-state index is 0.366. The van der Waals surface area contributed by atoms with Gasteiger partial charge in [0.25, 0.3) is 0 Å². The predicted octanol–water partition coefficient (Wildman–Crippen LogP) is 1.15. The van der Waals surface area contributed by atoms with E-state index in [9.17, 15) is 0 Å². The summed E-state index contributed by atoms with van der Waals surface area (Å²) in [6.45, 7) is 5.01. The second-order valence-corrected chi connectivity index (χ2v) is 5.03. The fourth-order valence-electron chi connectivity index (χ4n) is 2.09. The molecule has 70 valence electrons. The van der Waals surface area contributed by atoms with Crippen LogP contribution in [0, 0.1) is 11.3 Å². The minimum Gasteiger partial charge on any atom is -0.396 e. The second kappa shape index (κ2) is 2.71. The monoisotopic (exact) mass is 169 g/mol. The van der Waals surface area contributed by atoms with Crippen molar-refractivity contribution in [1.82, 2.24) is 5.32 Å². The van der Waals surface area contributed by atoms with Crippen molar-refractivity contribution in [2.75, 3.05) is 6.61 Å². The maximum Gasteiger partial charge on any atom is 0.0474 e. The van der Waals surface area contributed by atoms with Crippen LogP contribution >= 0.6 is 0 Å². The van der Waals surface area contributed by atoms with Crippen LogP contribution in [0.1, 0.15) is 33.1 Å². The van der Waals surface area contributed by atoms with Crippen LogP contribution in [-0.4, -0.2) is 23.8 Å². The summed E-state index contributed by atoms with van der Waals surface area (Å²) in [5.41, 5.74) is 0.503. The van der Waals surface area contributed by atoms with Gasteiger partial charge in [-0.15, -0.1) is 0 Å². The Kier molecular flexibility index (Phi) is 1.92. The Bertz CT molecular complexity index is 179. The Hall–Kier alpha value is -0.0800. The molecule has 2 aliphatic rings. The molecule has 0 bridgehead atoms. The molecule has 0 aromatic rings. The van der Waals surface area contributed by atoms with Gasteiger partial charge in [0.1, 0.15) is 0 Å². The fraction of sp³-hybridized carbons (Fsp3) is 1.00. The van der Waals surface area contributed by atoms with Crippen molar-refractivity contribution < 1.29 is 5.11 Å². The Morgan fingerprint density at radius 2 is 2.25 bits per heavy atom. The van der Waals surface area contributed by atoms with Gasteiger partial charge in [0, 0.05) is 18.7 Å². The molecule has 0 spiro atoms. The largest absolute Gasteiger partial charge is 0.396 e. The molecule has 2 N–H and O–H groups in total. The summed E-state index contributed by atoms with van der Waals surface area (Å²) in [6.07, 6.45) is 3.85. The maximum atomic E-state index is 8.87. The molecule has 0 heterocycles. The maximum absolute atomic E-state index is 8.87. The van der Waals surface area contributed by atoms with Crippen molar-refractivity contribution in [3.05, 3.63) is 0 Å². The van der Waals surface area contributed by atoms with Gasteiger partial charge in [0.2, 0.25) is 0 Å². The molecule has 0 aromatic carbocycles. The average Bonchev–Trinajstić information content (AvgIpc) is 2.77. The smallest absolute Gasteiger partial charge is 0.0474 e. The summed E-state index contributed by atoms with van der Waals surface area (Å²) in [6, 6.07) is 1.33. The van der Waals surface area contributed by atoms with E-state index in [1.807, 2.05) is 0 Å². The quantitative estimate of drug-likeness (QED) is 0.664. The molecule has 3 atom stereocenters. The van der Waals surface area contributed by atoms with Gasteiger partial charge < -0.3 is 10.4 Å². The van der Waals surface area contributed by atoms with Crippen LogP contribution in [0.3, 0.4) is 0 Å². The predicted molar refractivity (Wildman–Crippen MR) is 48.9 cm³/mol. The van der Waals surface area contributed by atoms with E-state index in [2.05, 4.69) is 19.2 Å². The zero-order valence-electron chi connectivity index (χ0n) is 8.01. The Morgan fingerprint density at radius 1 is 1.50 bits per heavy atom. The standard InChI is InChI=1S/C10H19NO/c1-10(2)4-3-9(10)11-8-5-7(8)6-12/h7-9,11-12H,3-6H2,1-2H3. The summed E-state index contributed by atoms with van der Waals surface area (Å²) < 4.78 is 0. The summed E-state index contributed by atoms with van der Waals surface area (Å²) in [5, 5.41) is 12.5. The molecular formula is C10H19NO. The summed E-state index contributed by atoms with van der Waals surface area (Å²) in [7, 11) is 0. The number of rotatable bonds is 3. The normalized spacial score (nSPS) is 43.8. The molecule has 0 aliphatic heterocycles. The zero-order valence-corrected chi connectivity index (χ0v) is 8.01. The van der Waals surface area contributed by atoms with Crippen molar-refractivity contribution in [2.24, 2.45) is 11.3 Å². The first-order chi connectivity index (χ1) is 5.63. The lowest BCUT2D eigenvalue weighted by atomic mass is 9.67. The van der Waals surface area contributed by atoms with Gasteiger partial charge in [-0.25, -0.2) is 0 Å². The van der Waals surface area contributed by atoms with E-state index < -0.39 is 0 Å². The van der Waals surface area contributed by atoms with Crippen LogP contribution in [0.4, 0.5) is 0 Å². The lowest BCUT2D eigenvalue weighted by molar-refractivity contribution is 0.105. The van der Waals surface area contributed by atoms with Gasteiger partial charge in [-0.05, 0) is 30.6 Å². The lowest BCUT2D eigenvalue weighted by Gasteiger charge is -2.45. The Labute approximate surface area is 74.4 Å². The van der Waals surface area contributed by atoms with E-state index in [4.69, 9.17) is 5.11 Å². The van der Waals surface area contributed by atoms with Gasteiger partial charge in [0.05, 0.1) is 0 Å². The van der Waals surface area contributed by atoms with Gasteiger partial charge in [-0.3, -0.25) is 0 Å². The Morgan fingerprint density at radius 3 is 2.58 bits per heavy atom. The minimum atomic E-state index is 0.366. The molecule has 2 saturated carbocycles. The third-order valence-electron chi connectivity index (χ3n) is 3.59. The van der Waals surface area contributed by atoms with E-state index in [-0.39, 0.29) is 0 Å². The number of aliphatic hydroxyl groups excluding tert-OH is 1. The van der Waals surface area contributed by atoms with Crippen LogP contribution in [0.25, 0.3) is 0 Å². The van der Waals surface area contributed by atoms with Gasteiger partial charge in [-0.2, -0.15) is 0 Å². The van der Waals surface area contributed by atoms with Crippen LogP contribution < -0.4 is 5.32 Å². The molecule has 2 heteroatoms. The first kappa shape index (κ1) is 8.52. The third kappa shape index (κ3) is 1.38. The van der Waals surface area contributed by atoms with Crippen LogP contribution in [0.5, 0.6) is 0 Å². The molecule has 0 amide bonds. The lowest BCUT2D eigenvalue weighted by Crippen LogP contribution is -2.51. The summed E-state index contributed by atoms with van der Waals surface area (Å²) in [4.78, 5) is 0. The molecule has 12 heavy (non-hydrogen) atoms. The molecular weight excluding hydrogens is 150 g/mol. The van der Waals surface area contributed by atoms with Crippen molar-refractivity contribution in [1.29, 1.82) is 0 Å². The molecule has 2 fully saturated rings. The second-order valence-electron chi connectivity index (χ2n) is 5.03. The van der Waals surface area contributed by atoms with Crippen molar-refractivity contribution in [3.63, 3.8) is 0 Å². The topological polar surface area (TPSA) is 32.3 Å². The van der Waals surface area contributed by atoms with Gasteiger partial charge >= 0.3 is 0 Å². The highest BCUT2D eigenvalue weighted by molar-refractivity contribution is 5.01. The van der Waals surface area contributed by atoms with Crippen molar-refractivity contribution in [3.8, 4) is 0 Å². The van der Waals surface area contributed by atoms with E-state index in [1.54, 1.807) is 0 Å². The molecule has 3 unspecified atom stereocenters. The average molecular weight is 169 g/mol. The molecule has 0 aromatic heterocycles. The SMILES string of the molecule is CC1(C)CCC1NC1CC1CO. The summed E-state index contributed by atoms with van der Waals surface area (Å²) >= 11 is 0. The fourth-order valence-corrected chi connectivity index (χ4v) is 2.09. The van der Waals surface area contributed by atoms with Crippen LogP contribution in [0.2, 0.25) is 0 Å². The van der Waals surface area contributed by atoms with Crippen molar-refractivity contribution in [2.45, 2.75) is 45.2 Å². The molecule has 0 radical (unpaired) electrons. The third-order valence-corrected chi connectivity index (χ3v) is 3.59. The van der Waals surface area contributed by atoms with E-state index in [1.165, 1.54) is 19.3 Å². The number of hydrogen-bond donors (Lipinski definition) is 2. The molecule has 2 nitrogen and oxygen atoms in total. The highest BCUT2D eigenvalue weighted by atomic mass is 16.3. The van der Waals surface area contributed by atoms with E-state index >= 15 is 0 Å². The first-order valence-corrected chi connectivity index (χ1v) is 5.00. The Balaban J connectivity index is 1.75. The summed E-state index contributed by atoms with van der Waals surface area (Å²) in [5.74, 6) is 0.557. The van der Waals surface area contributed by atoms with Crippen LogP contribution in [-0.2, 0) is 0 Å². The van der Waals surface area contributed by atoms with E-state index in [0.717, 1.165) is 0 Å². The zero-order chi connectivity index (χ0) is 8.77. The van der Waals surface area contributed by atoms with Crippen molar-refractivity contribution >= 4 is 0 Å². The number of nitrogens with one attached hydrogen (secondary N) is 1. The number of aliphatic hydroxyl groups is 1. The van der Waals surface area contributed by atoms with Gasteiger partial charge in [-0.1, -0.05) is 13.8 Å². The van der Waals surface area contributed by atoms with Crippen LogP contribution in [0.15, 0.2) is 0 Å². The molecule has 0 saturated heterocycles. The number of hydrogen-bond acceptors (Lipinski definition) is 2. The molecule has 2 aliphatic carbocycles. The van der Waals surface area contributed by atoms with E-state index in [0.29, 0.717) is 30.0 Å². The highest BCUT2D eigenvalue weighted by Crippen LogP contribution is 2.42. The first-order valence-electron chi connectivity index (χ1n) is 5.00.